The lowest BCUT2D eigenvalue weighted by Gasteiger charge is -2.18. The number of phosphoric ester groups is 1. The summed E-state index contributed by atoms with van der Waals surface area (Å²) in [5, 5.41) is 17.7. The van der Waals surface area contributed by atoms with E-state index in [1.165, 1.54) is 13.8 Å². The van der Waals surface area contributed by atoms with Gasteiger partial charge in [-0.15, -0.1) is 0 Å². The van der Waals surface area contributed by atoms with Crippen LogP contribution in [0.1, 0.15) is 13.8 Å². The lowest BCUT2D eigenvalue weighted by Crippen LogP contribution is -2.21. The third kappa shape index (κ3) is 6.63. The van der Waals surface area contributed by atoms with Gasteiger partial charge in [0.25, 0.3) is 0 Å². The Morgan fingerprint density at radius 1 is 1.15 bits per heavy atom. The first kappa shape index (κ1) is 18.5. The Kier molecular flexibility index (Phi) is 7.38. The highest BCUT2D eigenvalue weighted by molar-refractivity contribution is 7.49. The molecule has 0 heterocycles. The minimum atomic E-state index is -4.60. The minimum Gasteiger partial charge on any atom is -0.394 e. The van der Waals surface area contributed by atoms with Crippen LogP contribution in [-0.4, -0.2) is 41.5 Å². The summed E-state index contributed by atoms with van der Waals surface area (Å²) in [6.45, 7) is 7.76. The predicted octanol–water partition coefficient (Wildman–Crippen LogP) is 0.703. The van der Waals surface area contributed by atoms with Crippen LogP contribution in [0.3, 0.4) is 0 Å². The zero-order chi connectivity index (χ0) is 15.9. The van der Waals surface area contributed by atoms with Crippen LogP contribution in [0.4, 0.5) is 0 Å². The molecule has 0 aliphatic heterocycles. The number of rotatable bonds is 8. The zero-order valence-corrected chi connectivity index (χ0v) is 12.1. The van der Waals surface area contributed by atoms with Crippen LogP contribution in [0.5, 0.6) is 0 Å². The van der Waals surface area contributed by atoms with Crippen molar-refractivity contribution in [1.29, 1.82) is 0 Å². The van der Waals surface area contributed by atoms with Gasteiger partial charge in [0, 0.05) is 11.1 Å². The minimum absolute atomic E-state index is 0.0945. The molecule has 1 atom stereocenters. The molecule has 0 fully saturated rings. The summed E-state index contributed by atoms with van der Waals surface area (Å²) in [5.74, 6) is -2.19. The molecule has 0 saturated heterocycles. The molecule has 0 aromatic rings. The number of hydrogen-bond donors (Lipinski definition) is 2. The van der Waals surface area contributed by atoms with Crippen LogP contribution in [0.15, 0.2) is 24.3 Å². The van der Waals surface area contributed by atoms with E-state index in [4.69, 9.17) is 10.2 Å². The first-order valence-corrected chi connectivity index (χ1v) is 6.89. The summed E-state index contributed by atoms with van der Waals surface area (Å²) in [4.78, 5) is 22.6. The number of carbonyl (C=O) groups is 2. The van der Waals surface area contributed by atoms with Gasteiger partial charge in [-0.2, -0.15) is 0 Å². The molecule has 0 bridgehead atoms. The molecule has 0 spiro atoms. The maximum Gasteiger partial charge on any atom is 0.592 e. The molecule has 2 N–H and O–H groups in total. The number of aliphatic hydroxyl groups is 2. The average molecular weight is 308 g/mol. The normalized spacial score (nSPS) is 12.4. The van der Waals surface area contributed by atoms with Crippen molar-refractivity contribution in [2.45, 2.75) is 20.0 Å². The van der Waals surface area contributed by atoms with Crippen LogP contribution in [0, 0.1) is 0 Å². The van der Waals surface area contributed by atoms with E-state index in [0.29, 0.717) is 0 Å². The summed E-state index contributed by atoms with van der Waals surface area (Å²) < 4.78 is 25.5. The standard InChI is InChI=1S/C11H17O8P/c1-7(2)10(14)18-20(16,17-6-9(13)5-12)19-11(15)8(3)4/h9,12-13H,1,3,5-6H2,2,4H3. The van der Waals surface area contributed by atoms with Gasteiger partial charge in [-0.25, -0.2) is 14.2 Å². The SMILES string of the molecule is C=C(C)C(=O)OP(=O)(OCC(O)CO)OC(=O)C(=C)C. The molecule has 0 aliphatic carbocycles. The molecule has 0 aromatic heterocycles. The Morgan fingerprint density at radius 3 is 1.85 bits per heavy atom. The zero-order valence-electron chi connectivity index (χ0n) is 11.2. The third-order valence-electron chi connectivity index (χ3n) is 1.72. The van der Waals surface area contributed by atoms with Gasteiger partial charge < -0.3 is 19.3 Å². The molecule has 0 rings (SSSR count). The fourth-order valence-corrected chi connectivity index (χ4v) is 1.88. The molecule has 0 saturated carbocycles. The summed E-state index contributed by atoms with van der Waals surface area (Å²) in [6.07, 6.45) is -1.38. The second-order valence-corrected chi connectivity index (χ2v) is 5.42. The Hall–Kier alpha value is -1.47. The highest BCUT2D eigenvalue weighted by Gasteiger charge is 2.36. The molecule has 0 amide bonds. The fourth-order valence-electron chi connectivity index (χ4n) is 0.660. The molecule has 114 valence electrons. The van der Waals surface area contributed by atoms with Crippen molar-refractivity contribution >= 4 is 19.8 Å². The Bertz CT molecular complexity index is 423. The van der Waals surface area contributed by atoms with Gasteiger partial charge in [0.05, 0.1) is 13.2 Å². The van der Waals surface area contributed by atoms with Gasteiger partial charge in [-0.05, 0) is 13.8 Å². The predicted molar refractivity (Wildman–Crippen MR) is 68.5 cm³/mol. The monoisotopic (exact) mass is 308 g/mol. The maximum absolute atomic E-state index is 12.1. The van der Waals surface area contributed by atoms with Crippen LogP contribution < -0.4 is 0 Å². The molecule has 20 heavy (non-hydrogen) atoms. The van der Waals surface area contributed by atoms with Crippen molar-refractivity contribution in [3.8, 4) is 0 Å². The Balaban J connectivity index is 4.97. The van der Waals surface area contributed by atoms with E-state index in [1.54, 1.807) is 0 Å². The molecule has 0 aromatic carbocycles. The number of carbonyl (C=O) groups excluding carboxylic acids is 2. The summed E-state index contributed by atoms with van der Waals surface area (Å²) in [7, 11) is -4.60. The molecule has 0 aliphatic rings. The second-order valence-electron chi connectivity index (χ2n) is 3.90. The van der Waals surface area contributed by atoms with E-state index in [0.717, 1.165) is 0 Å². The summed E-state index contributed by atoms with van der Waals surface area (Å²) in [5.41, 5.74) is -0.189. The lowest BCUT2D eigenvalue weighted by molar-refractivity contribution is -0.136. The first-order chi connectivity index (χ1) is 9.11. The van der Waals surface area contributed by atoms with E-state index in [1.807, 2.05) is 0 Å². The van der Waals surface area contributed by atoms with E-state index < -0.39 is 39.1 Å². The van der Waals surface area contributed by atoms with Crippen molar-refractivity contribution in [3.05, 3.63) is 24.3 Å². The van der Waals surface area contributed by atoms with Gasteiger partial charge >= 0.3 is 19.8 Å². The van der Waals surface area contributed by atoms with Gasteiger partial charge in [0.15, 0.2) is 0 Å². The molecule has 0 radical (unpaired) electrons. The second kappa shape index (κ2) is 7.96. The Morgan fingerprint density at radius 2 is 1.55 bits per heavy atom. The Labute approximate surface area is 116 Å². The van der Waals surface area contributed by atoms with E-state index in [-0.39, 0.29) is 11.1 Å². The number of hydrogen-bond acceptors (Lipinski definition) is 8. The van der Waals surface area contributed by atoms with Crippen LogP contribution in [-0.2, 0) is 27.7 Å². The van der Waals surface area contributed by atoms with Gasteiger partial charge in [-0.1, -0.05) is 13.2 Å². The van der Waals surface area contributed by atoms with Crippen molar-refractivity contribution in [1.82, 2.24) is 0 Å². The maximum atomic E-state index is 12.1. The van der Waals surface area contributed by atoms with Gasteiger partial charge in [-0.3, -0.25) is 4.52 Å². The number of aliphatic hydroxyl groups excluding tert-OH is 2. The molecular formula is C11H17O8P. The van der Waals surface area contributed by atoms with Crippen molar-refractivity contribution in [2.75, 3.05) is 13.2 Å². The molecule has 8 nitrogen and oxygen atoms in total. The van der Waals surface area contributed by atoms with E-state index >= 15 is 0 Å². The van der Waals surface area contributed by atoms with E-state index in [2.05, 4.69) is 26.7 Å². The van der Waals surface area contributed by atoms with Crippen molar-refractivity contribution in [2.24, 2.45) is 0 Å². The van der Waals surface area contributed by atoms with Crippen molar-refractivity contribution in [3.63, 3.8) is 0 Å². The van der Waals surface area contributed by atoms with Crippen LogP contribution in [0.25, 0.3) is 0 Å². The largest absolute Gasteiger partial charge is 0.592 e. The highest BCUT2D eigenvalue weighted by atomic mass is 31.2. The first-order valence-electron chi connectivity index (χ1n) is 5.43. The third-order valence-corrected chi connectivity index (χ3v) is 2.97. The summed E-state index contributed by atoms with van der Waals surface area (Å²) in [6, 6.07) is 0. The fraction of sp³-hybridized carbons (Fsp3) is 0.455. The number of phosphoric acid groups is 1. The van der Waals surface area contributed by atoms with Gasteiger partial charge in [0.1, 0.15) is 6.10 Å². The molecule has 1 unspecified atom stereocenters. The topological polar surface area (TPSA) is 119 Å². The highest BCUT2D eigenvalue weighted by Crippen LogP contribution is 2.50. The quantitative estimate of drug-likeness (QED) is 0.497. The van der Waals surface area contributed by atoms with E-state index in [9.17, 15) is 14.2 Å². The molecular weight excluding hydrogens is 291 g/mol. The molecule has 9 heteroatoms. The lowest BCUT2D eigenvalue weighted by atomic mass is 10.4. The van der Waals surface area contributed by atoms with Gasteiger partial charge in [0.2, 0.25) is 0 Å². The van der Waals surface area contributed by atoms with Crippen LogP contribution >= 0.6 is 7.82 Å². The van der Waals surface area contributed by atoms with Crippen molar-refractivity contribution < 1.29 is 37.9 Å². The van der Waals surface area contributed by atoms with Crippen LogP contribution in [0.2, 0.25) is 0 Å². The average Bonchev–Trinajstić information content (AvgIpc) is 2.35. The smallest absolute Gasteiger partial charge is 0.394 e. The summed E-state index contributed by atoms with van der Waals surface area (Å²) >= 11 is 0.